The molecule has 0 atom stereocenters. The summed E-state index contributed by atoms with van der Waals surface area (Å²) >= 11 is 0. The minimum atomic E-state index is -0.0520. The Hall–Kier alpha value is -2.43. The molecule has 1 fully saturated rings. The van der Waals surface area contributed by atoms with Crippen molar-refractivity contribution in [3.05, 3.63) is 53.5 Å². The van der Waals surface area contributed by atoms with E-state index >= 15 is 0 Å². The van der Waals surface area contributed by atoms with Gasteiger partial charge in [-0.15, -0.1) is 0 Å². The van der Waals surface area contributed by atoms with Gasteiger partial charge in [0.05, 0.1) is 0 Å². The van der Waals surface area contributed by atoms with Crippen molar-refractivity contribution in [1.29, 1.82) is 0 Å². The molecule has 0 saturated heterocycles. The number of benzene rings is 1. The van der Waals surface area contributed by atoms with Gasteiger partial charge in [0.1, 0.15) is 17.3 Å². The first-order valence-corrected chi connectivity index (χ1v) is 9.50. The summed E-state index contributed by atoms with van der Waals surface area (Å²) in [7, 11) is 0. The molecule has 138 valence electrons. The summed E-state index contributed by atoms with van der Waals surface area (Å²) in [6.07, 6.45) is 4.84. The van der Waals surface area contributed by atoms with Gasteiger partial charge in [-0.05, 0) is 39.2 Å². The molecule has 1 aromatic carbocycles. The maximum absolute atomic E-state index is 13.1. The number of carbonyl (C=O) groups excluding carboxylic acids is 1. The fraction of sp³-hybridized carbons (Fsp3) is 0.476. The van der Waals surface area contributed by atoms with Crippen molar-refractivity contribution in [2.75, 3.05) is 5.32 Å². The largest absolute Gasteiger partial charge is 0.367 e. The van der Waals surface area contributed by atoms with Crippen LogP contribution in [0.15, 0.2) is 36.4 Å². The highest BCUT2D eigenvalue weighted by atomic mass is 16.2. The molecular formula is C21H28N4O. The maximum atomic E-state index is 13.1. The summed E-state index contributed by atoms with van der Waals surface area (Å²) < 4.78 is 0. The zero-order valence-electron chi connectivity index (χ0n) is 15.9. The number of carbonyl (C=O) groups is 1. The van der Waals surface area contributed by atoms with Crippen molar-refractivity contribution < 1.29 is 4.79 Å². The van der Waals surface area contributed by atoms with E-state index in [9.17, 15) is 4.79 Å². The van der Waals surface area contributed by atoms with Gasteiger partial charge in [-0.25, -0.2) is 9.97 Å². The summed E-state index contributed by atoms with van der Waals surface area (Å²) in [5.74, 6) is 1.33. The first-order chi connectivity index (χ1) is 12.5. The van der Waals surface area contributed by atoms with Gasteiger partial charge < -0.3 is 10.2 Å². The van der Waals surface area contributed by atoms with Crippen LogP contribution in [0.1, 0.15) is 61.4 Å². The predicted molar refractivity (Wildman–Crippen MR) is 104 cm³/mol. The maximum Gasteiger partial charge on any atom is 0.273 e. The zero-order valence-corrected chi connectivity index (χ0v) is 15.9. The lowest BCUT2D eigenvalue weighted by molar-refractivity contribution is 0.0684. The van der Waals surface area contributed by atoms with Crippen LogP contribution in [0.5, 0.6) is 0 Å². The van der Waals surface area contributed by atoms with E-state index in [0.29, 0.717) is 24.1 Å². The molecule has 0 unspecified atom stereocenters. The van der Waals surface area contributed by atoms with Gasteiger partial charge in [0.15, 0.2) is 0 Å². The average molecular weight is 352 g/mol. The number of rotatable bonds is 6. The fourth-order valence-electron chi connectivity index (χ4n) is 3.45. The van der Waals surface area contributed by atoms with Gasteiger partial charge in [0, 0.05) is 24.7 Å². The lowest BCUT2D eigenvalue weighted by atomic mass is 10.1. The van der Waals surface area contributed by atoms with Crippen LogP contribution in [0.3, 0.4) is 0 Å². The Labute approximate surface area is 155 Å². The molecule has 5 heteroatoms. The van der Waals surface area contributed by atoms with Crippen LogP contribution in [0.4, 0.5) is 5.82 Å². The summed E-state index contributed by atoms with van der Waals surface area (Å²) in [6.45, 7) is 6.48. The average Bonchev–Trinajstić information content (AvgIpc) is 3.12. The second kappa shape index (κ2) is 8.30. The topological polar surface area (TPSA) is 58.1 Å². The minimum Gasteiger partial charge on any atom is -0.367 e. The second-order valence-electron chi connectivity index (χ2n) is 7.32. The van der Waals surface area contributed by atoms with Gasteiger partial charge in [-0.1, -0.05) is 43.2 Å². The highest BCUT2D eigenvalue weighted by Crippen LogP contribution is 2.22. The first-order valence-electron chi connectivity index (χ1n) is 9.50. The molecule has 1 aromatic heterocycles. The number of nitrogens with one attached hydrogen (secondary N) is 1. The molecule has 2 aromatic rings. The number of hydrogen-bond acceptors (Lipinski definition) is 4. The molecular weight excluding hydrogens is 324 g/mol. The molecule has 5 nitrogen and oxygen atoms in total. The summed E-state index contributed by atoms with van der Waals surface area (Å²) in [4.78, 5) is 23.9. The SMILES string of the molecule is Cc1nc(NC2CCCC2)cc(C(=O)N(Cc2ccccc2)C(C)C)n1. The van der Waals surface area contributed by atoms with Gasteiger partial charge in [-0.2, -0.15) is 0 Å². The fourth-order valence-corrected chi connectivity index (χ4v) is 3.45. The van der Waals surface area contributed by atoms with E-state index < -0.39 is 0 Å². The third kappa shape index (κ3) is 4.59. The minimum absolute atomic E-state index is 0.0520. The van der Waals surface area contributed by atoms with E-state index in [-0.39, 0.29) is 11.9 Å². The molecule has 1 amide bonds. The summed E-state index contributed by atoms with van der Waals surface area (Å²) in [5, 5.41) is 3.47. The second-order valence-corrected chi connectivity index (χ2v) is 7.32. The van der Waals surface area contributed by atoms with Crippen molar-refractivity contribution in [1.82, 2.24) is 14.9 Å². The van der Waals surface area contributed by atoms with E-state index in [0.717, 1.165) is 11.4 Å². The van der Waals surface area contributed by atoms with Gasteiger partial charge in [-0.3, -0.25) is 4.79 Å². The number of anilines is 1. The third-order valence-electron chi connectivity index (χ3n) is 4.84. The normalized spacial score (nSPS) is 14.6. The highest BCUT2D eigenvalue weighted by Gasteiger charge is 2.22. The standard InChI is InChI=1S/C21H28N4O/c1-15(2)25(14-17-9-5-4-6-10-17)21(26)19-13-20(23-16(3)22-19)24-18-11-7-8-12-18/h4-6,9-10,13,15,18H,7-8,11-12,14H2,1-3H3,(H,22,23,24). The van der Waals surface area contributed by atoms with Crippen molar-refractivity contribution in [2.24, 2.45) is 0 Å². The summed E-state index contributed by atoms with van der Waals surface area (Å²) in [5.41, 5.74) is 1.58. The van der Waals surface area contributed by atoms with Crippen LogP contribution in [-0.2, 0) is 6.54 Å². The molecule has 1 saturated carbocycles. The monoisotopic (exact) mass is 352 g/mol. The van der Waals surface area contributed by atoms with E-state index in [2.05, 4.69) is 15.3 Å². The Kier molecular flexibility index (Phi) is 5.86. The van der Waals surface area contributed by atoms with E-state index in [1.54, 1.807) is 6.07 Å². The van der Waals surface area contributed by atoms with Crippen LogP contribution in [-0.4, -0.2) is 32.9 Å². The molecule has 1 aliphatic carbocycles. The van der Waals surface area contributed by atoms with Crippen molar-refractivity contribution in [3.8, 4) is 0 Å². The van der Waals surface area contributed by atoms with E-state index in [4.69, 9.17) is 0 Å². The van der Waals surface area contributed by atoms with Gasteiger partial charge >= 0.3 is 0 Å². The number of nitrogens with zero attached hydrogens (tertiary/aromatic N) is 3. The lowest BCUT2D eigenvalue weighted by Crippen LogP contribution is -2.37. The third-order valence-corrected chi connectivity index (χ3v) is 4.84. The lowest BCUT2D eigenvalue weighted by Gasteiger charge is -2.27. The van der Waals surface area contributed by atoms with Gasteiger partial charge in [0.25, 0.3) is 5.91 Å². The molecule has 3 rings (SSSR count). The number of aromatic nitrogens is 2. The Morgan fingerprint density at radius 2 is 1.88 bits per heavy atom. The predicted octanol–water partition coefficient (Wildman–Crippen LogP) is 4.19. The molecule has 1 N–H and O–H groups in total. The molecule has 0 aliphatic heterocycles. The van der Waals surface area contributed by atoms with Crippen molar-refractivity contribution >= 4 is 11.7 Å². The van der Waals surface area contributed by atoms with Crippen LogP contribution in [0.25, 0.3) is 0 Å². The van der Waals surface area contributed by atoms with E-state index in [1.165, 1.54) is 25.7 Å². The van der Waals surface area contributed by atoms with Crippen molar-refractivity contribution in [2.45, 2.75) is 65.1 Å². The molecule has 1 aliphatic rings. The Balaban J connectivity index is 1.80. The molecule has 0 bridgehead atoms. The molecule has 0 spiro atoms. The molecule has 26 heavy (non-hydrogen) atoms. The first kappa shape index (κ1) is 18.4. The van der Waals surface area contributed by atoms with Crippen LogP contribution < -0.4 is 5.32 Å². The highest BCUT2D eigenvalue weighted by molar-refractivity contribution is 5.93. The number of hydrogen-bond donors (Lipinski definition) is 1. The van der Waals surface area contributed by atoms with Crippen LogP contribution in [0.2, 0.25) is 0 Å². The van der Waals surface area contributed by atoms with E-state index in [1.807, 2.05) is 56.0 Å². The smallest absolute Gasteiger partial charge is 0.273 e. The van der Waals surface area contributed by atoms with Gasteiger partial charge in [0.2, 0.25) is 0 Å². The Morgan fingerprint density at radius 3 is 2.54 bits per heavy atom. The molecule has 1 heterocycles. The summed E-state index contributed by atoms with van der Waals surface area (Å²) in [6, 6.07) is 12.4. The van der Waals surface area contributed by atoms with Crippen molar-refractivity contribution in [3.63, 3.8) is 0 Å². The van der Waals surface area contributed by atoms with Crippen LogP contribution >= 0.6 is 0 Å². The number of amides is 1. The molecule has 0 radical (unpaired) electrons. The quantitative estimate of drug-likeness (QED) is 0.847. The zero-order chi connectivity index (χ0) is 18.5. The Morgan fingerprint density at radius 1 is 1.19 bits per heavy atom. The van der Waals surface area contributed by atoms with Crippen LogP contribution in [0, 0.1) is 6.92 Å². The Bertz CT molecular complexity index is 739. The number of aryl methyl sites for hydroxylation is 1.